The molecule has 1 aliphatic rings. The topological polar surface area (TPSA) is 35.8 Å². The molecule has 4 nitrogen and oxygen atoms in total. The Morgan fingerprint density at radius 2 is 1.38 bits per heavy atom. The van der Waals surface area contributed by atoms with E-state index in [1.165, 1.54) is 63.6 Å². The fourth-order valence-corrected chi connectivity index (χ4v) is 8.63. The van der Waals surface area contributed by atoms with Gasteiger partial charge in [0.05, 0.1) is 26.9 Å². The van der Waals surface area contributed by atoms with Gasteiger partial charge in [-0.2, -0.15) is 0 Å². The summed E-state index contributed by atoms with van der Waals surface area (Å²) in [5.74, 6) is 0. The zero-order chi connectivity index (χ0) is 31.7. The Morgan fingerprint density at radius 3 is 2.17 bits per heavy atom. The molecule has 4 heterocycles. The zero-order valence-corrected chi connectivity index (χ0v) is 27.5. The smallest absolute Gasteiger partial charge is 0.399 e. The molecule has 226 valence electrons. The van der Waals surface area contributed by atoms with Gasteiger partial charge in [-0.25, -0.2) is 4.98 Å². The second-order valence-corrected chi connectivity index (χ2v) is 14.9. The minimum Gasteiger partial charge on any atom is -0.399 e. The monoisotopic (exact) mass is 626 g/mol. The van der Waals surface area contributed by atoms with E-state index in [9.17, 15) is 0 Å². The Kier molecular flexibility index (Phi) is 5.49. The molecule has 1 aliphatic heterocycles. The van der Waals surface area contributed by atoms with Gasteiger partial charge >= 0.3 is 7.12 Å². The Labute approximate surface area is 276 Å². The number of hydrogen-bond donors (Lipinski definition) is 0. The number of imidazole rings is 1. The molecule has 0 amide bonds. The van der Waals surface area contributed by atoms with E-state index in [2.05, 4.69) is 147 Å². The maximum Gasteiger partial charge on any atom is 0.494 e. The summed E-state index contributed by atoms with van der Waals surface area (Å²) in [5, 5.41) is 9.99. The first-order valence-electron chi connectivity index (χ1n) is 16.2. The number of benzene rings is 6. The van der Waals surface area contributed by atoms with Gasteiger partial charge in [0.2, 0.25) is 0 Å². The van der Waals surface area contributed by atoms with Crippen LogP contribution in [0.3, 0.4) is 0 Å². The van der Waals surface area contributed by atoms with Crippen LogP contribution in [0.1, 0.15) is 27.7 Å². The van der Waals surface area contributed by atoms with Crippen molar-refractivity contribution in [2.45, 2.75) is 38.9 Å². The summed E-state index contributed by atoms with van der Waals surface area (Å²) >= 11 is 1.84. The maximum absolute atomic E-state index is 6.36. The molecule has 0 spiro atoms. The van der Waals surface area contributed by atoms with Crippen LogP contribution in [-0.2, 0) is 9.31 Å². The Hall–Kier alpha value is -4.75. The molecular formula is C41H31BN2O2S. The standard InChI is InChI=1S/C41H31BN2O2S/c1-40(2)41(3,4)46-42(45-40)28-16-13-25(14-17-28)36-30-12-8-6-10-26(30)21-27-22-33-34(23-32(27)36)44-20-19-31-37-29-11-7-5-9-24(29)15-18-35(37)47-38(31)39(44)43-33/h5-23H,1-4H3. The van der Waals surface area contributed by atoms with Crippen LogP contribution in [0.25, 0.3) is 80.3 Å². The Bertz CT molecular complexity index is 2740. The van der Waals surface area contributed by atoms with Gasteiger partial charge in [0.1, 0.15) is 0 Å². The highest BCUT2D eigenvalue weighted by Gasteiger charge is 2.51. The van der Waals surface area contributed by atoms with Crippen molar-refractivity contribution in [3.05, 3.63) is 115 Å². The predicted octanol–water partition coefficient (Wildman–Crippen LogP) is 10.3. The third-order valence-electron chi connectivity index (χ3n) is 10.6. The molecule has 0 atom stereocenters. The van der Waals surface area contributed by atoms with E-state index in [4.69, 9.17) is 14.3 Å². The molecule has 1 fully saturated rings. The number of thiophene rings is 1. The van der Waals surface area contributed by atoms with Crippen molar-refractivity contribution >= 4 is 93.1 Å². The molecule has 9 aromatic rings. The van der Waals surface area contributed by atoms with Crippen LogP contribution in [-0.4, -0.2) is 27.7 Å². The second kappa shape index (κ2) is 9.42. The maximum atomic E-state index is 6.36. The van der Waals surface area contributed by atoms with E-state index < -0.39 is 0 Å². The predicted molar refractivity (Wildman–Crippen MR) is 199 cm³/mol. The number of pyridine rings is 1. The van der Waals surface area contributed by atoms with E-state index in [-0.39, 0.29) is 18.3 Å². The van der Waals surface area contributed by atoms with Crippen molar-refractivity contribution in [2.24, 2.45) is 0 Å². The number of rotatable bonds is 2. The summed E-state index contributed by atoms with van der Waals surface area (Å²) in [6, 6.07) is 39.7. The van der Waals surface area contributed by atoms with Gasteiger partial charge in [-0.15, -0.1) is 11.3 Å². The molecule has 0 N–H and O–H groups in total. The molecule has 0 aliphatic carbocycles. The largest absolute Gasteiger partial charge is 0.494 e. The van der Waals surface area contributed by atoms with Crippen LogP contribution < -0.4 is 5.46 Å². The minimum absolute atomic E-state index is 0.378. The fraction of sp³-hybridized carbons (Fsp3) is 0.146. The van der Waals surface area contributed by atoms with Crippen LogP contribution in [0, 0.1) is 0 Å². The van der Waals surface area contributed by atoms with E-state index >= 15 is 0 Å². The lowest BCUT2D eigenvalue weighted by atomic mass is 9.78. The highest BCUT2D eigenvalue weighted by Crippen LogP contribution is 2.43. The minimum atomic E-state index is -0.389. The molecular weight excluding hydrogens is 595 g/mol. The van der Waals surface area contributed by atoms with Gasteiger partial charge in [0.15, 0.2) is 5.65 Å². The summed E-state index contributed by atoms with van der Waals surface area (Å²) < 4.78 is 17.5. The molecule has 0 saturated carbocycles. The molecule has 0 unspecified atom stereocenters. The summed E-state index contributed by atoms with van der Waals surface area (Å²) in [6.07, 6.45) is 2.20. The summed E-state index contributed by atoms with van der Waals surface area (Å²) in [6.45, 7) is 8.38. The van der Waals surface area contributed by atoms with Crippen LogP contribution in [0.5, 0.6) is 0 Å². The van der Waals surface area contributed by atoms with Gasteiger partial charge in [0, 0.05) is 21.7 Å². The quantitative estimate of drug-likeness (QED) is 0.142. The molecule has 6 heteroatoms. The lowest BCUT2D eigenvalue weighted by Crippen LogP contribution is -2.41. The van der Waals surface area contributed by atoms with Crippen molar-refractivity contribution in [3.8, 4) is 11.1 Å². The molecule has 47 heavy (non-hydrogen) atoms. The van der Waals surface area contributed by atoms with Crippen molar-refractivity contribution in [1.29, 1.82) is 0 Å². The van der Waals surface area contributed by atoms with Crippen LogP contribution in [0.15, 0.2) is 115 Å². The first-order valence-corrected chi connectivity index (χ1v) is 17.0. The molecule has 6 aromatic carbocycles. The summed E-state index contributed by atoms with van der Waals surface area (Å²) in [4.78, 5) is 5.28. The van der Waals surface area contributed by atoms with E-state index in [0.29, 0.717) is 0 Å². The normalized spacial score (nSPS) is 16.2. The number of nitrogens with zero attached hydrogens (tertiary/aromatic N) is 2. The summed E-state index contributed by atoms with van der Waals surface area (Å²) in [7, 11) is -0.389. The third-order valence-corrected chi connectivity index (χ3v) is 11.8. The van der Waals surface area contributed by atoms with Crippen LogP contribution >= 0.6 is 11.3 Å². The number of hydrogen-bond acceptors (Lipinski definition) is 4. The van der Waals surface area contributed by atoms with E-state index in [1.54, 1.807) is 0 Å². The van der Waals surface area contributed by atoms with Crippen molar-refractivity contribution in [1.82, 2.24) is 9.38 Å². The summed E-state index contributed by atoms with van der Waals surface area (Å²) in [5.41, 5.74) is 5.79. The van der Waals surface area contributed by atoms with Gasteiger partial charge < -0.3 is 9.31 Å². The zero-order valence-electron chi connectivity index (χ0n) is 26.7. The third kappa shape index (κ3) is 3.86. The van der Waals surface area contributed by atoms with Crippen molar-refractivity contribution < 1.29 is 9.31 Å². The van der Waals surface area contributed by atoms with Gasteiger partial charge in [-0.1, -0.05) is 78.9 Å². The van der Waals surface area contributed by atoms with Crippen LogP contribution in [0.4, 0.5) is 0 Å². The van der Waals surface area contributed by atoms with Gasteiger partial charge in [-0.3, -0.25) is 4.40 Å². The first-order chi connectivity index (χ1) is 22.8. The Balaban J connectivity index is 1.19. The number of fused-ring (bicyclic) bond motifs is 11. The lowest BCUT2D eigenvalue weighted by molar-refractivity contribution is 0.00578. The molecule has 1 saturated heterocycles. The fourth-order valence-electron chi connectivity index (χ4n) is 7.43. The van der Waals surface area contributed by atoms with Crippen molar-refractivity contribution in [3.63, 3.8) is 0 Å². The molecule has 10 rings (SSSR count). The molecule has 3 aromatic heterocycles. The van der Waals surface area contributed by atoms with E-state index in [1.807, 2.05) is 11.3 Å². The molecule has 0 bridgehead atoms. The van der Waals surface area contributed by atoms with Gasteiger partial charge in [0.25, 0.3) is 0 Å². The van der Waals surface area contributed by atoms with Crippen molar-refractivity contribution in [2.75, 3.05) is 0 Å². The Morgan fingerprint density at radius 1 is 0.660 bits per heavy atom. The second-order valence-electron chi connectivity index (χ2n) is 13.9. The number of aromatic nitrogens is 2. The highest BCUT2D eigenvalue weighted by atomic mass is 32.1. The molecule has 0 radical (unpaired) electrons. The average Bonchev–Trinajstić information content (AvgIpc) is 3.70. The highest BCUT2D eigenvalue weighted by molar-refractivity contribution is 7.26. The average molecular weight is 627 g/mol. The van der Waals surface area contributed by atoms with Gasteiger partial charge in [-0.05, 0) is 107 Å². The van der Waals surface area contributed by atoms with Crippen LogP contribution in [0.2, 0.25) is 0 Å². The first kappa shape index (κ1) is 27.4. The van der Waals surface area contributed by atoms with E-state index in [0.717, 1.165) is 22.1 Å². The lowest BCUT2D eigenvalue weighted by Gasteiger charge is -2.32. The SMILES string of the molecule is CC1(C)OB(c2ccc(-c3c4ccccc4cc4cc5nc6c7sc8ccc9ccccc9c8c7ccn6c5cc34)cc2)OC1(C)C.